The van der Waals surface area contributed by atoms with Crippen molar-refractivity contribution in [3.05, 3.63) is 23.8 Å². The smallest absolute Gasteiger partial charge is 0.338 e. The van der Waals surface area contributed by atoms with Crippen LogP contribution in [0.3, 0.4) is 0 Å². The van der Waals surface area contributed by atoms with Crippen molar-refractivity contribution in [3.8, 4) is 5.75 Å². The maximum absolute atomic E-state index is 12.2. The van der Waals surface area contributed by atoms with E-state index in [0.29, 0.717) is 22.9 Å². The van der Waals surface area contributed by atoms with Gasteiger partial charge in [0, 0.05) is 0 Å². The van der Waals surface area contributed by atoms with Crippen LogP contribution in [0, 0.1) is 5.92 Å². The van der Waals surface area contributed by atoms with Gasteiger partial charge in [-0.2, -0.15) is 0 Å². The molecule has 2 N–H and O–H groups in total. The van der Waals surface area contributed by atoms with Gasteiger partial charge < -0.3 is 15.2 Å². The van der Waals surface area contributed by atoms with Crippen molar-refractivity contribution in [1.82, 2.24) is 0 Å². The fourth-order valence-corrected chi connectivity index (χ4v) is 2.84. The number of nitrogens with two attached hydrogens (primary N) is 1. The lowest BCUT2D eigenvalue weighted by Crippen LogP contribution is -2.29. The summed E-state index contributed by atoms with van der Waals surface area (Å²) in [6, 6.07) is 5.00. The van der Waals surface area contributed by atoms with E-state index < -0.39 is 0 Å². The Morgan fingerprint density at radius 3 is 2.80 bits per heavy atom. The fraction of sp³-hybridized carbons (Fsp3) is 0.562. The Bertz CT molecular complexity index is 473. The summed E-state index contributed by atoms with van der Waals surface area (Å²) in [6.45, 7) is 2.16. The van der Waals surface area contributed by atoms with E-state index in [0.717, 1.165) is 25.7 Å². The maximum Gasteiger partial charge on any atom is 0.338 e. The van der Waals surface area contributed by atoms with E-state index in [1.165, 1.54) is 13.5 Å². The van der Waals surface area contributed by atoms with Crippen LogP contribution in [-0.2, 0) is 4.74 Å². The zero-order valence-electron chi connectivity index (χ0n) is 12.2. The molecule has 0 saturated heterocycles. The molecule has 0 amide bonds. The third-order valence-corrected chi connectivity index (χ3v) is 4.09. The van der Waals surface area contributed by atoms with Crippen molar-refractivity contribution >= 4 is 11.7 Å². The van der Waals surface area contributed by atoms with Gasteiger partial charge >= 0.3 is 5.97 Å². The molecule has 1 aromatic carbocycles. The summed E-state index contributed by atoms with van der Waals surface area (Å²) in [5.41, 5.74) is 6.77. The molecular weight excluding hydrogens is 254 g/mol. The predicted octanol–water partition coefficient (Wildman–Crippen LogP) is 3.40. The molecule has 20 heavy (non-hydrogen) atoms. The van der Waals surface area contributed by atoms with Crippen molar-refractivity contribution in [3.63, 3.8) is 0 Å². The Morgan fingerprint density at radius 1 is 1.35 bits per heavy atom. The lowest BCUT2D eigenvalue weighted by atomic mass is 9.85. The topological polar surface area (TPSA) is 61.5 Å². The summed E-state index contributed by atoms with van der Waals surface area (Å²) in [4.78, 5) is 12.2. The van der Waals surface area contributed by atoms with Crippen LogP contribution in [0.5, 0.6) is 5.75 Å². The summed E-state index contributed by atoms with van der Waals surface area (Å²) in [7, 11) is 1.54. The van der Waals surface area contributed by atoms with Crippen LogP contribution >= 0.6 is 0 Å². The normalized spacial score (nSPS) is 22.3. The third-order valence-electron chi connectivity index (χ3n) is 4.09. The summed E-state index contributed by atoms with van der Waals surface area (Å²) in [6.07, 6.45) is 5.60. The first-order valence-corrected chi connectivity index (χ1v) is 7.30. The Balaban J connectivity index is 2.07. The minimum atomic E-state index is -0.284. The molecule has 0 bridgehead atoms. The number of methoxy groups -OCH3 is 1. The molecule has 0 aromatic heterocycles. The Morgan fingerprint density at radius 2 is 2.10 bits per heavy atom. The highest BCUT2D eigenvalue weighted by atomic mass is 16.5. The summed E-state index contributed by atoms with van der Waals surface area (Å²) in [5.74, 6) is 0.715. The first kappa shape index (κ1) is 14.7. The lowest BCUT2D eigenvalue weighted by Gasteiger charge is -2.30. The molecule has 1 saturated carbocycles. The van der Waals surface area contributed by atoms with Crippen LogP contribution in [0.2, 0.25) is 0 Å². The van der Waals surface area contributed by atoms with Gasteiger partial charge in [0.1, 0.15) is 11.9 Å². The molecule has 4 nitrogen and oxygen atoms in total. The van der Waals surface area contributed by atoms with Gasteiger partial charge in [0.15, 0.2) is 0 Å². The molecule has 1 aromatic rings. The van der Waals surface area contributed by atoms with Crippen LogP contribution in [0.4, 0.5) is 5.69 Å². The van der Waals surface area contributed by atoms with Gasteiger partial charge in [0.25, 0.3) is 0 Å². The SMILES string of the molecule is CCC1CCCCC1OC(=O)c1ccc(N)c(OC)c1. The van der Waals surface area contributed by atoms with Crippen molar-refractivity contribution in [2.45, 2.75) is 45.1 Å². The van der Waals surface area contributed by atoms with Crippen LogP contribution in [-0.4, -0.2) is 19.2 Å². The van der Waals surface area contributed by atoms with Gasteiger partial charge in [-0.25, -0.2) is 4.79 Å². The number of benzene rings is 1. The molecule has 2 rings (SSSR count). The zero-order chi connectivity index (χ0) is 14.5. The maximum atomic E-state index is 12.2. The average Bonchev–Trinajstić information content (AvgIpc) is 2.48. The van der Waals surface area contributed by atoms with Gasteiger partial charge in [-0.3, -0.25) is 0 Å². The first-order chi connectivity index (χ1) is 9.65. The molecule has 1 aliphatic rings. The third kappa shape index (κ3) is 3.24. The van der Waals surface area contributed by atoms with Crippen molar-refractivity contribution < 1.29 is 14.3 Å². The molecule has 1 fully saturated rings. The van der Waals surface area contributed by atoms with Crippen LogP contribution in [0.25, 0.3) is 0 Å². The molecule has 2 unspecified atom stereocenters. The van der Waals surface area contributed by atoms with E-state index in [4.69, 9.17) is 15.2 Å². The zero-order valence-corrected chi connectivity index (χ0v) is 12.2. The molecule has 0 radical (unpaired) electrons. The second kappa shape index (κ2) is 6.64. The van der Waals surface area contributed by atoms with Crippen molar-refractivity contribution in [2.75, 3.05) is 12.8 Å². The number of esters is 1. The standard InChI is InChI=1S/C16H23NO3/c1-3-11-6-4-5-7-14(11)20-16(18)12-8-9-13(17)15(10-12)19-2/h8-11,14H,3-7,17H2,1-2H3. The Hall–Kier alpha value is -1.71. The van der Waals surface area contributed by atoms with E-state index in [9.17, 15) is 4.79 Å². The quantitative estimate of drug-likeness (QED) is 0.676. The van der Waals surface area contributed by atoms with Crippen molar-refractivity contribution in [1.29, 1.82) is 0 Å². The van der Waals surface area contributed by atoms with Crippen LogP contribution in [0.1, 0.15) is 49.4 Å². The molecular formula is C16H23NO3. The second-order valence-corrected chi connectivity index (χ2v) is 5.35. The van der Waals surface area contributed by atoms with E-state index >= 15 is 0 Å². The van der Waals surface area contributed by atoms with Crippen LogP contribution in [0.15, 0.2) is 18.2 Å². The summed E-state index contributed by atoms with van der Waals surface area (Å²) in [5, 5.41) is 0. The largest absolute Gasteiger partial charge is 0.495 e. The number of carbonyl (C=O) groups is 1. The molecule has 2 atom stereocenters. The Kier molecular flexibility index (Phi) is 4.88. The van der Waals surface area contributed by atoms with Crippen molar-refractivity contribution in [2.24, 2.45) is 5.92 Å². The minimum absolute atomic E-state index is 0.0461. The number of hydrogen-bond acceptors (Lipinski definition) is 4. The monoisotopic (exact) mass is 277 g/mol. The number of anilines is 1. The molecule has 0 spiro atoms. The predicted molar refractivity (Wildman–Crippen MR) is 78.9 cm³/mol. The number of hydrogen-bond donors (Lipinski definition) is 1. The highest BCUT2D eigenvalue weighted by Crippen LogP contribution is 2.30. The summed E-state index contributed by atoms with van der Waals surface area (Å²) >= 11 is 0. The minimum Gasteiger partial charge on any atom is -0.495 e. The second-order valence-electron chi connectivity index (χ2n) is 5.35. The number of rotatable bonds is 4. The van der Waals surface area contributed by atoms with Gasteiger partial charge in [-0.15, -0.1) is 0 Å². The van der Waals surface area contributed by atoms with Gasteiger partial charge in [-0.05, 0) is 49.8 Å². The highest BCUT2D eigenvalue weighted by Gasteiger charge is 2.27. The molecule has 0 aliphatic heterocycles. The summed E-state index contributed by atoms with van der Waals surface area (Å²) < 4.78 is 10.8. The number of nitrogen functional groups attached to an aromatic ring is 1. The molecule has 110 valence electrons. The van der Waals surface area contributed by atoms with Gasteiger partial charge in [-0.1, -0.05) is 13.3 Å². The van der Waals surface area contributed by atoms with Crippen LogP contribution < -0.4 is 10.5 Å². The van der Waals surface area contributed by atoms with E-state index in [-0.39, 0.29) is 12.1 Å². The molecule has 4 heteroatoms. The Labute approximate surface area is 120 Å². The van der Waals surface area contributed by atoms with Gasteiger partial charge in [0.2, 0.25) is 0 Å². The molecule has 0 heterocycles. The number of ether oxygens (including phenoxy) is 2. The number of carbonyl (C=O) groups excluding carboxylic acids is 1. The van der Waals surface area contributed by atoms with E-state index in [2.05, 4.69) is 6.92 Å². The van der Waals surface area contributed by atoms with E-state index in [1.807, 2.05) is 0 Å². The average molecular weight is 277 g/mol. The lowest BCUT2D eigenvalue weighted by molar-refractivity contribution is 0.000685. The van der Waals surface area contributed by atoms with E-state index in [1.54, 1.807) is 18.2 Å². The first-order valence-electron chi connectivity index (χ1n) is 7.30. The molecule has 1 aliphatic carbocycles. The van der Waals surface area contributed by atoms with Gasteiger partial charge in [0.05, 0.1) is 18.4 Å². The highest BCUT2D eigenvalue weighted by molar-refractivity contribution is 5.90. The fourth-order valence-electron chi connectivity index (χ4n) is 2.84.